The van der Waals surface area contributed by atoms with Crippen LogP contribution < -0.4 is 5.32 Å². The standard InChI is InChI=1S/C16H10Cl2N4/c17-13-6-5-10(9-14(13)18)15-11-3-1-2-4-12(11)16(22-21-15)20-8-7-19/h1-6,9H,8H2,(H,20,22). The van der Waals surface area contributed by atoms with E-state index in [1.165, 1.54) is 0 Å². The van der Waals surface area contributed by atoms with Gasteiger partial charge in [0, 0.05) is 16.3 Å². The van der Waals surface area contributed by atoms with E-state index in [1.807, 2.05) is 36.4 Å². The zero-order valence-corrected chi connectivity index (χ0v) is 12.9. The molecule has 1 aromatic heterocycles. The van der Waals surface area contributed by atoms with Crippen LogP contribution in [0.25, 0.3) is 22.0 Å². The minimum Gasteiger partial charge on any atom is -0.355 e. The highest BCUT2D eigenvalue weighted by atomic mass is 35.5. The van der Waals surface area contributed by atoms with Gasteiger partial charge < -0.3 is 5.32 Å². The van der Waals surface area contributed by atoms with Gasteiger partial charge >= 0.3 is 0 Å². The zero-order chi connectivity index (χ0) is 15.5. The summed E-state index contributed by atoms with van der Waals surface area (Å²) in [6.07, 6.45) is 0. The van der Waals surface area contributed by atoms with Crippen molar-refractivity contribution < 1.29 is 0 Å². The van der Waals surface area contributed by atoms with Gasteiger partial charge in [-0.25, -0.2) is 0 Å². The van der Waals surface area contributed by atoms with E-state index in [9.17, 15) is 0 Å². The predicted octanol–water partition coefficient (Wildman–Crippen LogP) is 4.54. The van der Waals surface area contributed by atoms with Crippen LogP contribution in [0.4, 0.5) is 5.82 Å². The minimum absolute atomic E-state index is 0.171. The highest BCUT2D eigenvalue weighted by molar-refractivity contribution is 6.42. The normalized spacial score (nSPS) is 10.4. The van der Waals surface area contributed by atoms with Crippen molar-refractivity contribution in [1.29, 1.82) is 5.26 Å². The first-order chi connectivity index (χ1) is 10.7. The number of nitriles is 1. The first-order valence-electron chi connectivity index (χ1n) is 6.52. The van der Waals surface area contributed by atoms with Gasteiger partial charge in [0.15, 0.2) is 5.82 Å². The number of fused-ring (bicyclic) bond motifs is 1. The van der Waals surface area contributed by atoms with Crippen LogP contribution in [0.5, 0.6) is 0 Å². The molecule has 0 amide bonds. The molecule has 0 aliphatic heterocycles. The fourth-order valence-electron chi connectivity index (χ4n) is 2.21. The summed E-state index contributed by atoms with van der Waals surface area (Å²) >= 11 is 12.0. The van der Waals surface area contributed by atoms with Crippen molar-refractivity contribution in [2.24, 2.45) is 0 Å². The number of halogens is 2. The maximum absolute atomic E-state index is 8.70. The molecule has 1 heterocycles. The van der Waals surface area contributed by atoms with Crippen molar-refractivity contribution in [3.8, 4) is 17.3 Å². The lowest BCUT2D eigenvalue weighted by atomic mass is 10.0. The van der Waals surface area contributed by atoms with Gasteiger partial charge in [0.1, 0.15) is 12.2 Å². The van der Waals surface area contributed by atoms with E-state index in [2.05, 4.69) is 15.5 Å². The quantitative estimate of drug-likeness (QED) is 0.717. The van der Waals surface area contributed by atoms with E-state index in [4.69, 9.17) is 28.5 Å². The van der Waals surface area contributed by atoms with Crippen LogP contribution in [-0.2, 0) is 0 Å². The van der Waals surface area contributed by atoms with Gasteiger partial charge in [-0.05, 0) is 12.1 Å². The second-order valence-electron chi connectivity index (χ2n) is 4.58. The molecule has 4 nitrogen and oxygen atoms in total. The number of benzene rings is 2. The van der Waals surface area contributed by atoms with Crippen molar-refractivity contribution in [1.82, 2.24) is 10.2 Å². The first-order valence-corrected chi connectivity index (χ1v) is 7.28. The van der Waals surface area contributed by atoms with Crippen molar-refractivity contribution in [3.63, 3.8) is 0 Å². The Morgan fingerprint density at radius 3 is 2.50 bits per heavy atom. The maximum Gasteiger partial charge on any atom is 0.157 e. The Labute approximate surface area is 137 Å². The number of anilines is 1. The van der Waals surface area contributed by atoms with Crippen LogP contribution in [0.2, 0.25) is 10.0 Å². The zero-order valence-electron chi connectivity index (χ0n) is 11.3. The summed E-state index contributed by atoms with van der Waals surface area (Å²) in [4.78, 5) is 0. The smallest absolute Gasteiger partial charge is 0.157 e. The Balaban J connectivity index is 2.19. The molecule has 0 aliphatic carbocycles. The molecule has 3 rings (SSSR count). The van der Waals surface area contributed by atoms with Crippen LogP contribution in [-0.4, -0.2) is 16.7 Å². The van der Waals surface area contributed by atoms with Gasteiger partial charge in [-0.1, -0.05) is 53.5 Å². The number of nitrogens with one attached hydrogen (secondary N) is 1. The van der Waals surface area contributed by atoms with Gasteiger partial charge in [0.2, 0.25) is 0 Å². The molecule has 0 radical (unpaired) electrons. The third-order valence-electron chi connectivity index (χ3n) is 3.22. The molecule has 0 fully saturated rings. The Morgan fingerprint density at radius 2 is 1.77 bits per heavy atom. The third-order valence-corrected chi connectivity index (χ3v) is 3.95. The molecule has 0 spiro atoms. The van der Waals surface area contributed by atoms with Crippen molar-refractivity contribution in [2.75, 3.05) is 11.9 Å². The molecule has 22 heavy (non-hydrogen) atoms. The molecule has 0 bridgehead atoms. The average molecular weight is 329 g/mol. The van der Waals surface area contributed by atoms with Gasteiger partial charge in [-0.15, -0.1) is 10.2 Å². The van der Waals surface area contributed by atoms with Gasteiger partial charge in [-0.2, -0.15) is 5.26 Å². The summed E-state index contributed by atoms with van der Waals surface area (Å²) < 4.78 is 0. The highest BCUT2D eigenvalue weighted by Gasteiger charge is 2.11. The average Bonchev–Trinajstić information content (AvgIpc) is 2.55. The third kappa shape index (κ3) is 2.69. The lowest BCUT2D eigenvalue weighted by Crippen LogP contribution is -2.03. The van der Waals surface area contributed by atoms with Crippen molar-refractivity contribution in [2.45, 2.75) is 0 Å². The molecule has 0 unspecified atom stereocenters. The molecule has 2 aromatic carbocycles. The van der Waals surface area contributed by atoms with Crippen LogP contribution in [0.3, 0.4) is 0 Å². The molecule has 1 N–H and O–H groups in total. The Morgan fingerprint density at radius 1 is 1.00 bits per heavy atom. The second kappa shape index (κ2) is 6.18. The number of hydrogen-bond donors (Lipinski definition) is 1. The lowest BCUT2D eigenvalue weighted by molar-refractivity contribution is 1.05. The van der Waals surface area contributed by atoms with Crippen LogP contribution in [0.1, 0.15) is 0 Å². The number of nitrogens with zero attached hydrogens (tertiary/aromatic N) is 3. The number of aromatic nitrogens is 2. The molecule has 0 saturated heterocycles. The molecular formula is C16H10Cl2N4. The van der Waals surface area contributed by atoms with E-state index in [1.54, 1.807) is 12.1 Å². The fraction of sp³-hybridized carbons (Fsp3) is 0.0625. The molecule has 0 atom stereocenters. The van der Waals surface area contributed by atoms with Gasteiger partial charge in [-0.3, -0.25) is 0 Å². The second-order valence-corrected chi connectivity index (χ2v) is 5.40. The summed E-state index contributed by atoms with van der Waals surface area (Å²) in [5, 5.41) is 22.9. The molecule has 108 valence electrons. The Kier molecular flexibility index (Phi) is 4.10. The SMILES string of the molecule is N#CCNc1nnc(-c2ccc(Cl)c(Cl)c2)c2ccccc12. The van der Waals surface area contributed by atoms with Gasteiger partial charge in [0.05, 0.1) is 16.1 Å². The maximum atomic E-state index is 8.70. The minimum atomic E-state index is 0.171. The van der Waals surface area contributed by atoms with E-state index in [-0.39, 0.29) is 6.54 Å². The van der Waals surface area contributed by atoms with Crippen LogP contribution in [0, 0.1) is 11.3 Å². The van der Waals surface area contributed by atoms with Crippen LogP contribution >= 0.6 is 23.2 Å². The predicted molar refractivity (Wildman–Crippen MR) is 89.1 cm³/mol. The van der Waals surface area contributed by atoms with Crippen molar-refractivity contribution in [3.05, 3.63) is 52.5 Å². The Bertz CT molecular complexity index is 887. The van der Waals surface area contributed by atoms with Gasteiger partial charge in [0.25, 0.3) is 0 Å². The topological polar surface area (TPSA) is 61.6 Å². The molecule has 6 heteroatoms. The van der Waals surface area contributed by atoms with E-state index >= 15 is 0 Å². The van der Waals surface area contributed by atoms with Crippen LogP contribution in [0.15, 0.2) is 42.5 Å². The summed E-state index contributed by atoms with van der Waals surface area (Å²) in [5.74, 6) is 0.584. The number of hydrogen-bond acceptors (Lipinski definition) is 4. The largest absolute Gasteiger partial charge is 0.355 e. The lowest BCUT2D eigenvalue weighted by Gasteiger charge is -2.10. The highest BCUT2D eigenvalue weighted by Crippen LogP contribution is 2.32. The number of rotatable bonds is 3. The molecular weight excluding hydrogens is 319 g/mol. The Hall–Kier alpha value is -2.35. The summed E-state index contributed by atoms with van der Waals surface area (Å²) in [5.41, 5.74) is 1.56. The first kappa shape index (κ1) is 14.6. The van der Waals surface area contributed by atoms with Crippen molar-refractivity contribution >= 4 is 39.8 Å². The molecule has 0 aliphatic rings. The summed E-state index contributed by atoms with van der Waals surface area (Å²) in [6.45, 7) is 0.171. The fourth-order valence-corrected chi connectivity index (χ4v) is 2.51. The van der Waals surface area contributed by atoms with E-state index in [0.29, 0.717) is 15.9 Å². The summed E-state index contributed by atoms with van der Waals surface area (Å²) in [7, 11) is 0. The van der Waals surface area contributed by atoms with E-state index < -0.39 is 0 Å². The van der Waals surface area contributed by atoms with E-state index in [0.717, 1.165) is 22.0 Å². The molecule has 0 saturated carbocycles. The monoisotopic (exact) mass is 328 g/mol. The summed E-state index contributed by atoms with van der Waals surface area (Å²) in [6, 6.07) is 15.1. The molecule has 3 aromatic rings.